The van der Waals surface area contributed by atoms with Gasteiger partial charge in [-0.05, 0) is 48.5 Å². The van der Waals surface area contributed by atoms with Gasteiger partial charge in [0.2, 0.25) is 6.23 Å². The predicted octanol–water partition coefficient (Wildman–Crippen LogP) is 4.61. The molecule has 0 amide bonds. The number of methoxy groups -OCH3 is 1. The predicted molar refractivity (Wildman–Crippen MR) is 116 cm³/mol. The number of hydrogen-bond acceptors (Lipinski definition) is 7. The third kappa shape index (κ3) is 3.32. The van der Waals surface area contributed by atoms with Gasteiger partial charge in [0.15, 0.2) is 11.0 Å². The van der Waals surface area contributed by atoms with E-state index in [-0.39, 0.29) is 5.37 Å². The van der Waals surface area contributed by atoms with Crippen molar-refractivity contribution < 1.29 is 14.3 Å². The normalized spacial score (nSPS) is 19.0. The second-order valence-electron chi connectivity index (χ2n) is 6.87. The highest BCUT2D eigenvalue weighted by molar-refractivity contribution is 8.00. The number of hydrogen-bond donors (Lipinski definition) is 1. The molecule has 0 saturated carbocycles. The zero-order valence-corrected chi connectivity index (χ0v) is 17.7. The summed E-state index contributed by atoms with van der Waals surface area (Å²) in [7, 11) is 1.63. The van der Waals surface area contributed by atoms with Crippen LogP contribution >= 0.6 is 23.4 Å². The van der Waals surface area contributed by atoms with Gasteiger partial charge in [-0.25, -0.2) is 4.98 Å². The molecule has 2 aromatic carbocycles. The Labute approximate surface area is 182 Å². The highest BCUT2D eigenvalue weighted by atomic mass is 35.5. The molecule has 0 radical (unpaired) electrons. The fraction of sp³-hybridized carbons (Fsp3) is 0.190. The van der Waals surface area contributed by atoms with Crippen molar-refractivity contribution in [2.24, 2.45) is 0 Å². The van der Waals surface area contributed by atoms with Crippen molar-refractivity contribution in [3.05, 3.63) is 58.6 Å². The fourth-order valence-electron chi connectivity index (χ4n) is 3.48. The molecule has 1 aromatic heterocycles. The van der Waals surface area contributed by atoms with Gasteiger partial charge in [-0.3, -0.25) is 4.79 Å². The maximum absolute atomic E-state index is 11.9. The van der Waals surface area contributed by atoms with Crippen LogP contribution in [-0.2, 0) is 9.53 Å². The van der Waals surface area contributed by atoms with Crippen LogP contribution in [0.1, 0.15) is 18.7 Å². The molecule has 2 atom stereocenters. The Balaban J connectivity index is 1.59. The standard InChI is InChI=1S/C21H17ClN4O3S/c1-11(27)29-20-16-10-13-9-15(28-2)7-8-17(13)23-19(16)30-21-24-18(25-26(20)21)12-3-5-14(22)6-4-12/h3-10,19-20,23H,1-2H3. The number of fused-ring (bicyclic) bond motifs is 3. The van der Waals surface area contributed by atoms with Crippen molar-refractivity contribution in [1.29, 1.82) is 0 Å². The van der Waals surface area contributed by atoms with Gasteiger partial charge in [-0.1, -0.05) is 23.4 Å². The van der Waals surface area contributed by atoms with Crippen LogP contribution in [0.2, 0.25) is 5.02 Å². The van der Waals surface area contributed by atoms with Crippen molar-refractivity contribution in [3.63, 3.8) is 0 Å². The van der Waals surface area contributed by atoms with E-state index in [9.17, 15) is 4.79 Å². The van der Waals surface area contributed by atoms with Crippen LogP contribution in [0, 0.1) is 0 Å². The lowest BCUT2D eigenvalue weighted by atomic mass is 10.0. The minimum atomic E-state index is -0.691. The second-order valence-corrected chi connectivity index (χ2v) is 8.38. The number of carbonyl (C=O) groups is 1. The first kappa shape index (κ1) is 19.0. The molecule has 3 aromatic rings. The summed E-state index contributed by atoms with van der Waals surface area (Å²) in [6.07, 6.45) is 1.33. The maximum Gasteiger partial charge on any atom is 0.304 e. The Morgan fingerprint density at radius 3 is 2.77 bits per heavy atom. The number of aromatic nitrogens is 3. The van der Waals surface area contributed by atoms with E-state index in [4.69, 9.17) is 21.1 Å². The third-order valence-electron chi connectivity index (χ3n) is 4.88. The van der Waals surface area contributed by atoms with Crippen LogP contribution in [0.5, 0.6) is 5.75 Å². The summed E-state index contributed by atoms with van der Waals surface area (Å²) in [5, 5.41) is 9.31. The van der Waals surface area contributed by atoms with E-state index >= 15 is 0 Å². The Bertz CT molecular complexity index is 1180. The first-order valence-corrected chi connectivity index (χ1v) is 10.5. The van der Waals surface area contributed by atoms with Crippen LogP contribution in [0.4, 0.5) is 5.69 Å². The smallest absolute Gasteiger partial charge is 0.304 e. The first-order valence-electron chi connectivity index (χ1n) is 9.24. The average molecular weight is 441 g/mol. The van der Waals surface area contributed by atoms with Crippen LogP contribution in [0.15, 0.2) is 53.2 Å². The lowest BCUT2D eigenvalue weighted by molar-refractivity contribution is -0.149. The molecule has 0 bridgehead atoms. The summed E-state index contributed by atoms with van der Waals surface area (Å²) < 4.78 is 12.7. The van der Waals surface area contributed by atoms with E-state index in [1.807, 2.05) is 36.4 Å². The van der Waals surface area contributed by atoms with E-state index in [2.05, 4.69) is 15.4 Å². The van der Waals surface area contributed by atoms with Crippen LogP contribution < -0.4 is 10.1 Å². The molecule has 30 heavy (non-hydrogen) atoms. The van der Waals surface area contributed by atoms with E-state index in [0.717, 1.165) is 28.1 Å². The number of nitrogens with zero attached hydrogens (tertiary/aromatic N) is 3. The second kappa shape index (κ2) is 7.37. The minimum absolute atomic E-state index is 0.134. The van der Waals surface area contributed by atoms with Crippen molar-refractivity contribution in [1.82, 2.24) is 14.8 Å². The number of esters is 1. The lowest BCUT2D eigenvalue weighted by Gasteiger charge is -2.35. The molecule has 0 spiro atoms. The summed E-state index contributed by atoms with van der Waals surface area (Å²) in [6, 6.07) is 13.1. The molecule has 0 fully saturated rings. The Morgan fingerprint density at radius 2 is 2.03 bits per heavy atom. The van der Waals surface area contributed by atoms with Crippen molar-refractivity contribution in [2.45, 2.75) is 23.7 Å². The number of anilines is 1. The highest BCUT2D eigenvalue weighted by Gasteiger charge is 2.39. The highest BCUT2D eigenvalue weighted by Crippen LogP contribution is 2.45. The summed E-state index contributed by atoms with van der Waals surface area (Å²) in [5.74, 6) is 0.909. The molecule has 7 nitrogen and oxygen atoms in total. The summed E-state index contributed by atoms with van der Waals surface area (Å²) in [6.45, 7) is 1.39. The zero-order chi connectivity index (χ0) is 20.8. The molecule has 2 unspecified atom stereocenters. The maximum atomic E-state index is 11.9. The van der Waals surface area contributed by atoms with E-state index in [0.29, 0.717) is 16.0 Å². The van der Waals surface area contributed by atoms with Crippen LogP contribution in [0.3, 0.4) is 0 Å². The van der Waals surface area contributed by atoms with Gasteiger partial charge in [-0.15, -0.1) is 5.10 Å². The Hall–Kier alpha value is -2.97. The lowest BCUT2D eigenvalue weighted by Crippen LogP contribution is -2.35. The number of benzene rings is 2. The number of halogens is 1. The van der Waals surface area contributed by atoms with Gasteiger partial charge in [-0.2, -0.15) is 4.68 Å². The SMILES string of the molecule is COc1ccc2c(c1)C=C1C(N2)Sc2nc(-c3ccc(Cl)cc3)nn2C1OC(C)=O. The molecule has 3 heterocycles. The molecular weight excluding hydrogens is 424 g/mol. The monoisotopic (exact) mass is 440 g/mol. The molecule has 152 valence electrons. The molecule has 5 rings (SSSR count). The molecule has 0 aliphatic carbocycles. The zero-order valence-electron chi connectivity index (χ0n) is 16.1. The summed E-state index contributed by atoms with van der Waals surface area (Å²) in [4.78, 5) is 16.6. The quantitative estimate of drug-likeness (QED) is 0.596. The molecule has 0 saturated heterocycles. The first-order chi connectivity index (χ1) is 14.5. The number of nitrogens with one attached hydrogen (secondary N) is 1. The molecule has 9 heteroatoms. The molecule has 1 N–H and O–H groups in total. The van der Waals surface area contributed by atoms with Crippen LogP contribution in [0.25, 0.3) is 17.5 Å². The third-order valence-corrected chi connectivity index (χ3v) is 6.25. The topological polar surface area (TPSA) is 78.3 Å². The van der Waals surface area contributed by atoms with Crippen molar-refractivity contribution in [2.75, 3.05) is 12.4 Å². The van der Waals surface area contributed by atoms with Crippen molar-refractivity contribution in [3.8, 4) is 17.1 Å². The number of thioether (sulfide) groups is 1. The molecular formula is C21H17ClN4O3S. The largest absolute Gasteiger partial charge is 0.497 e. The number of rotatable bonds is 3. The van der Waals surface area contributed by atoms with Gasteiger partial charge in [0.05, 0.1) is 7.11 Å². The summed E-state index contributed by atoms with van der Waals surface area (Å²) >= 11 is 7.52. The van der Waals surface area contributed by atoms with Gasteiger partial charge in [0.1, 0.15) is 11.1 Å². The van der Waals surface area contributed by atoms with E-state index in [1.54, 1.807) is 23.9 Å². The van der Waals surface area contributed by atoms with Crippen molar-refractivity contribution >= 4 is 41.1 Å². The van der Waals surface area contributed by atoms with Gasteiger partial charge in [0.25, 0.3) is 0 Å². The number of carbonyl (C=O) groups excluding carboxylic acids is 1. The van der Waals surface area contributed by atoms with Crippen LogP contribution in [-0.4, -0.2) is 33.2 Å². The molecule has 2 aliphatic rings. The number of ether oxygens (including phenoxy) is 2. The van der Waals surface area contributed by atoms with E-state index in [1.165, 1.54) is 18.7 Å². The van der Waals surface area contributed by atoms with Gasteiger partial charge < -0.3 is 14.8 Å². The molecule has 2 aliphatic heterocycles. The van der Waals surface area contributed by atoms with Gasteiger partial charge in [0, 0.05) is 34.3 Å². The van der Waals surface area contributed by atoms with Gasteiger partial charge >= 0.3 is 5.97 Å². The minimum Gasteiger partial charge on any atom is -0.497 e. The Morgan fingerprint density at radius 1 is 1.23 bits per heavy atom. The fourth-order valence-corrected chi connectivity index (χ4v) is 4.71. The summed E-state index contributed by atoms with van der Waals surface area (Å²) in [5.41, 5.74) is 3.65. The van der Waals surface area contributed by atoms with E-state index < -0.39 is 12.2 Å². The average Bonchev–Trinajstić information content (AvgIpc) is 3.16. The Kier molecular flexibility index (Phi) is 4.67.